The van der Waals surface area contributed by atoms with E-state index in [-0.39, 0.29) is 24.3 Å². The molecule has 1 heterocycles. The average molecular weight is 324 g/mol. The summed E-state index contributed by atoms with van der Waals surface area (Å²) in [5.74, 6) is 0.264. The summed E-state index contributed by atoms with van der Waals surface area (Å²) in [7, 11) is 0. The highest BCUT2D eigenvalue weighted by molar-refractivity contribution is 9.10. The third-order valence-electron chi connectivity index (χ3n) is 3.22. The summed E-state index contributed by atoms with van der Waals surface area (Å²) in [6.45, 7) is 2.06. The predicted molar refractivity (Wildman–Crippen MR) is 73.9 cm³/mol. The molecular formula is C12H17BrClFN2. The SMILES string of the molecule is Cl.N[C@@H](c1ccc(F)c(Br)c1)C1CCNCC1. The molecule has 0 amide bonds. The van der Waals surface area contributed by atoms with Crippen LogP contribution < -0.4 is 11.1 Å². The van der Waals surface area contributed by atoms with Gasteiger partial charge in [-0.25, -0.2) is 4.39 Å². The molecule has 1 aromatic rings. The van der Waals surface area contributed by atoms with Crippen molar-refractivity contribution < 1.29 is 4.39 Å². The highest BCUT2D eigenvalue weighted by atomic mass is 79.9. The zero-order valence-electron chi connectivity index (χ0n) is 9.46. The van der Waals surface area contributed by atoms with Crippen LogP contribution in [0.5, 0.6) is 0 Å². The maximum Gasteiger partial charge on any atom is 0.137 e. The second-order valence-corrected chi connectivity index (χ2v) is 5.14. The number of rotatable bonds is 2. The maximum atomic E-state index is 13.1. The third kappa shape index (κ3) is 3.65. The molecule has 1 saturated heterocycles. The molecule has 0 unspecified atom stereocenters. The lowest BCUT2D eigenvalue weighted by molar-refractivity contribution is 0.322. The van der Waals surface area contributed by atoms with Gasteiger partial charge >= 0.3 is 0 Å². The Labute approximate surface area is 116 Å². The fraction of sp³-hybridized carbons (Fsp3) is 0.500. The minimum Gasteiger partial charge on any atom is -0.324 e. The fourth-order valence-electron chi connectivity index (χ4n) is 2.20. The standard InChI is InChI=1S/C12H16BrFN2.ClH/c13-10-7-9(1-2-11(10)14)12(15)8-3-5-16-6-4-8;/h1-2,7-8,12,16H,3-6,15H2;1H/t12-;/m1./s1. The van der Waals surface area contributed by atoms with Gasteiger partial charge in [0.15, 0.2) is 0 Å². The molecule has 0 aromatic heterocycles. The van der Waals surface area contributed by atoms with E-state index in [4.69, 9.17) is 5.73 Å². The van der Waals surface area contributed by atoms with E-state index in [1.165, 1.54) is 6.07 Å². The predicted octanol–water partition coefficient (Wildman–Crippen LogP) is 3.01. The summed E-state index contributed by atoms with van der Waals surface area (Å²) in [6, 6.07) is 5.06. The summed E-state index contributed by atoms with van der Waals surface area (Å²) < 4.78 is 13.6. The van der Waals surface area contributed by atoms with Crippen LogP contribution in [-0.4, -0.2) is 13.1 Å². The number of nitrogens with one attached hydrogen (secondary N) is 1. The highest BCUT2D eigenvalue weighted by Crippen LogP contribution is 2.29. The molecule has 2 nitrogen and oxygen atoms in total. The smallest absolute Gasteiger partial charge is 0.137 e. The van der Waals surface area contributed by atoms with Crippen molar-refractivity contribution in [2.45, 2.75) is 18.9 Å². The zero-order chi connectivity index (χ0) is 11.5. The minimum absolute atomic E-state index is 0. The summed E-state index contributed by atoms with van der Waals surface area (Å²) in [5.41, 5.74) is 7.23. The van der Waals surface area contributed by atoms with Gasteiger partial charge in [-0.2, -0.15) is 0 Å². The van der Waals surface area contributed by atoms with Crippen molar-refractivity contribution in [3.63, 3.8) is 0 Å². The first-order valence-electron chi connectivity index (χ1n) is 5.59. The van der Waals surface area contributed by atoms with Crippen molar-refractivity contribution in [3.8, 4) is 0 Å². The molecule has 0 spiro atoms. The van der Waals surface area contributed by atoms with Crippen LogP contribution in [0, 0.1) is 11.7 Å². The number of halogens is 3. The lowest BCUT2D eigenvalue weighted by atomic mass is 9.87. The lowest BCUT2D eigenvalue weighted by Gasteiger charge is -2.28. The summed E-state index contributed by atoms with van der Waals surface area (Å²) in [4.78, 5) is 0. The van der Waals surface area contributed by atoms with E-state index >= 15 is 0 Å². The Morgan fingerprint density at radius 3 is 2.59 bits per heavy atom. The van der Waals surface area contributed by atoms with Crippen LogP contribution in [0.15, 0.2) is 22.7 Å². The highest BCUT2D eigenvalue weighted by Gasteiger charge is 2.22. The van der Waals surface area contributed by atoms with E-state index in [0.29, 0.717) is 10.4 Å². The molecule has 0 bridgehead atoms. The molecule has 1 aliphatic heterocycles. The zero-order valence-corrected chi connectivity index (χ0v) is 11.9. The lowest BCUT2D eigenvalue weighted by Crippen LogP contribution is -2.33. The topological polar surface area (TPSA) is 38.0 Å². The molecular weight excluding hydrogens is 307 g/mol. The average Bonchev–Trinajstić information content (AvgIpc) is 2.33. The Morgan fingerprint density at radius 2 is 2.00 bits per heavy atom. The Morgan fingerprint density at radius 1 is 1.35 bits per heavy atom. The van der Waals surface area contributed by atoms with E-state index in [1.807, 2.05) is 0 Å². The third-order valence-corrected chi connectivity index (χ3v) is 3.83. The van der Waals surface area contributed by atoms with Gasteiger partial charge in [0.25, 0.3) is 0 Å². The van der Waals surface area contributed by atoms with Crippen LogP contribution in [0.1, 0.15) is 24.4 Å². The summed E-state index contributed by atoms with van der Waals surface area (Å²) in [6.07, 6.45) is 2.19. The number of hydrogen-bond donors (Lipinski definition) is 2. The molecule has 1 fully saturated rings. The van der Waals surface area contributed by atoms with Crippen molar-refractivity contribution in [2.75, 3.05) is 13.1 Å². The first-order valence-corrected chi connectivity index (χ1v) is 6.39. The van der Waals surface area contributed by atoms with Gasteiger partial charge in [0.2, 0.25) is 0 Å². The minimum atomic E-state index is -0.235. The fourth-order valence-corrected chi connectivity index (χ4v) is 2.59. The maximum absolute atomic E-state index is 13.1. The van der Waals surface area contributed by atoms with Crippen molar-refractivity contribution in [3.05, 3.63) is 34.1 Å². The monoisotopic (exact) mass is 322 g/mol. The quantitative estimate of drug-likeness (QED) is 0.878. The molecule has 1 aliphatic rings. The molecule has 96 valence electrons. The van der Waals surface area contributed by atoms with Crippen molar-refractivity contribution in [1.29, 1.82) is 0 Å². The number of benzene rings is 1. The molecule has 0 radical (unpaired) electrons. The van der Waals surface area contributed by atoms with Gasteiger partial charge in [-0.1, -0.05) is 6.07 Å². The number of nitrogens with two attached hydrogens (primary N) is 1. The molecule has 2 rings (SSSR count). The Bertz CT molecular complexity index is 370. The molecule has 1 atom stereocenters. The first kappa shape index (κ1) is 14.9. The van der Waals surface area contributed by atoms with Crippen molar-refractivity contribution in [1.82, 2.24) is 5.32 Å². The second-order valence-electron chi connectivity index (χ2n) is 4.29. The van der Waals surface area contributed by atoms with Gasteiger partial charge in [0.1, 0.15) is 5.82 Å². The van der Waals surface area contributed by atoms with Crippen LogP contribution >= 0.6 is 28.3 Å². The molecule has 0 aliphatic carbocycles. The molecule has 0 saturated carbocycles. The summed E-state index contributed by atoms with van der Waals surface area (Å²) >= 11 is 3.20. The molecule has 17 heavy (non-hydrogen) atoms. The van der Waals surface area contributed by atoms with Crippen molar-refractivity contribution in [2.24, 2.45) is 11.7 Å². The van der Waals surface area contributed by atoms with Gasteiger partial charge in [0, 0.05) is 6.04 Å². The molecule has 3 N–H and O–H groups in total. The van der Waals surface area contributed by atoms with Gasteiger partial charge in [0.05, 0.1) is 4.47 Å². The van der Waals surface area contributed by atoms with E-state index in [9.17, 15) is 4.39 Å². The summed E-state index contributed by atoms with van der Waals surface area (Å²) in [5, 5.41) is 3.32. The Kier molecular flexibility index (Phi) is 5.86. The van der Waals surface area contributed by atoms with E-state index in [1.54, 1.807) is 12.1 Å². The van der Waals surface area contributed by atoms with Crippen LogP contribution in [0.25, 0.3) is 0 Å². The number of hydrogen-bond acceptors (Lipinski definition) is 2. The van der Waals surface area contributed by atoms with E-state index < -0.39 is 0 Å². The normalized spacial score (nSPS) is 18.5. The van der Waals surface area contributed by atoms with Crippen LogP contribution in [0.3, 0.4) is 0 Å². The van der Waals surface area contributed by atoms with Gasteiger partial charge < -0.3 is 11.1 Å². The van der Waals surface area contributed by atoms with Crippen LogP contribution in [-0.2, 0) is 0 Å². The van der Waals surface area contributed by atoms with Gasteiger partial charge in [-0.15, -0.1) is 12.4 Å². The Hall–Kier alpha value is -0.160. The van der Waals surface area contributed by atoms with Gasteiger partial charge in [-0.3, -0.25) is 0 Å². The largest absolute Gasteiger partial charge is 0.324 e. The Balaban J connectivity index is 0.00000144. The number of piperidine rings is 1. The van der Waals surface area contributed by atoms with Crippen LogP contribution in [0.4, 0.5) is 4.39 Å². The molecule has 1 aromatic carbocycles. The first-order chi connectivity index (χ1) is 7.68. The van der Waals surface area contributed by atoms with Gasteiger partial charge in [-0.05, 0) is 65.5 Å². The van der Waals surface area contributed by atoms with E-state index in [0.717, 1.165) is 31.5 Å². The second kappa shape index (κ2) is 6.69. The van der Waals surface area contributed by atoms with E-state index in [2.05, 4.69) is 21.2 Å². The van der Waals surface area contributed by atoms with Crippen LogP contribution in [0.2, 0.25) is 0 Å². The molecule has 5 heteroatoms. The van der Waals surface area contributed by atoms with Crippen molar-refractivity contribution >= 4 is 28.3 Å².